The summed E-state index contributed by atoms with van der Waals surface area (Å²) in [5.41, 5.74) is 0. The van der Waals surface area contributed by atoms with Gasteiger partial charge in [0.25, 0.3) is 0 Å². The molecule has 0 aromatic carbocycles. The Bertz CT molecular complexity index is 471. The Labute approximate surface area is 127 Å². The summed E-state index contributed by atoms with van der Waals surface area (Å²) in [4.78, 5) is 5.00. The number of ether oxygens (including phenoxy) is 1. The average molecular weight is 293 g/mol. The predicted molar refractivity (Wildman–Crippen MR) is 81.2 cm³/mol. The fourth-order valence-electron chi connectivity index (χ4n) is 3.17. The maximum absolute atomic E-state index is 5.19. The summed E-state index contributed by atoms with van der Waals surface area (Å²) in [6.07, 6.45) is 2.56. The van der Waals surface area contributed by atoms with Crippen LogP contribution in [0, 0.1) is 0 Å². The van der Waals surface area contributed by atoms with Crippen molar-refractivity contribution in [3.8, 4) is 0 Å². The Morgan fingerprint density at radius 1 is 1.24 bits per heavy atom. The molecule has 0 spiro atoms. The van der Waals surface area contributed by atoms with Crippen LogP contribution >= 0.6 is 0 Å². The zero-order valence-electron chi connectivity index (χ0n) is 13.5. The quantitative estimate of drug-likeness (QED) is 0.778. The van der Waals surface area contributed by atoms with Crippen LogP contribution in [-0.4, -0.2) is 70.5 Å². The normalized spacial score (nSPS) is 24.6. The lowest BCUT2D eigenvalue weighted by molar-refractivity contribution is 0.0542. The predicted octanol–water partition coefficient (Wildman–Crippen LogP) is 0.845. The van der Waals surface area contributed by atoms with Crippen molar-refractivity contribution in [3.05, 3.63) is 11.6 Å². The zero-order chi connectivity index (χ0) is 14.8. The molecule has 6 nitrogen and oxygen atoms in total. The van der Waals surface area contributed by atoms with Crippen LogP contribution in [-0.2, 0) is 18.3 Å². The molecule has 0 N–H and O–H groups in total. The van der Waals surface area contributed by atoms with Gasteiger partial charge in [-0.3, -0.25) is 9.80 Å². The van der Waals surface area contributed by atoms with Gasteiger partial charge in [0.15, 0.2) is 0 Å². The van der Waals surface area contributed by atoms with Gasteiger partial charge in [-0.05, 0) is 19.8 Å². The van der Waals surface area contributed by atoms with Gasteiger partial charge in [-0.1, -0.05) is 0 Å². The monoisotopic (exact) mass is 293 g/mol. The minimum atomic E-state index is 0.574. The molecule has 1 atom stereocenters. The number of rotatable bonds is 6. The number of aromatic nitrogens is 3. The third-order valence-electron chi connectivity index (χ3n) is 4.74. The van der Waals surface area contributed by atoms with E-state index in [-0.39, 0.29) is 0 Å². The maximum atomic E-state index is 5.19. The highest BCUT2D eigenvalue weighted by molar-refractivity contribution is 5.07. The molecule has 2 fully saturated rings. The van der Waals surface area contributed by atoms with Crippen LogP contribution in [0.25, 0.3) is 0 Å². The van der Waals surface area contributed by atoms with E-state index in [0.717, 1.165) is 45.2 Å². The molecule has 0 bridgehead atoms. The van der Waals surface area contributed by atoms with Gasteiger partial charge < -0.3 is 9.30 Å². The lowest BCUT2D eigenvalue weighted by atomic mass is 10.2. The summed E-state index contributed by atoms with van der Waals surface area (Å²) in [6, 6.07) is 0.574. The lowest BCUT2D eigenvalue weighted by Crippen LogP contribution is -2.52. The molecule has 2 heterocycles. The Balaban J connectivity index is 1.54. The van der Waals surface area contributed by atoms with Crippen molar-refractivity contribution in [1.29, 1.82) is 0 Å². The summed E-state index contributed by atoms with van der Waals surface area (Å²) in [5, 5.41) is 8.78. The lowest BCUT2D eigenvalue weighted by Gasteiger charge is -2.39. The third-order valence-corrected chi connectivity index (χ3v) is 4.74. The number of nitrogens with zero attached hydrogens (tertiary/aromatic N) is 5. The minimum absolute atomic E-state index is 0.574. The van der Waals surface area contributed by atoms with Crippen LogP contribution in [0.3, 0.4) is 0 Å². The van der Waals surface area contributed by atoms with Crippen molar-refractivity contribution in [1.82, 2.24) is 24.6 Å². The van der Waals surface area contributed by atoms with Crippen LogP contribution in [0.5, 0.6) is 0 Å². The molecule has 118 valence electrons. The highest BCUT2D eigenvalue weighted by Gasteiger charge is 2.30. The van der Waals surface area contributed by atoms with Crippen LogP contribution in [0.15, 0.2) is 0 Å². The van der Waals surface area contributed by atoms with Gasteiger partial charge in [0, 0.05) is 52.3 Å². The van der Waals surface area contributed by atoms with E-state index in [1.807, 2.05) is 0 Å². The number of hydrogen-bond donors (Lipinski definition) is 0. The van der Waals surface area contributed by atoms with Gasteiger partial charge in [-0.2, -0.15) is 0 Å². The van der Waals surface area contributed by atoms with Gasteiger partial charge >= 0.3 is 0 Å². The van der Waals surface area contributed by atoms with Crippen molar-refractivity contribution in [2.45, 2.75) is 38.3 Å². The molecule has 21 heavy (non-hydrogen) atoms. The van der Waals surface area contributed by atoms with Gasteiger partial charge in [-0.25, -0.2) is 0 Å². The first-order valence-corrected chi connectivity index (χ1v) is 8.02. The summed E-state index contributed by atoms with van der Waals surface area (Å²) in [7, 11) is 3.88. The van der Waals surface area contributed by atoms with Crippen LogP contribution in [0.4, 0.5) is 0 Å². The standard InChI is InChI=1S/C15H27N5O/c1-12-10-19(6-7-20(12)8-9-21-3)11-14-16-17-15(18(14)2)13-4-5-13/h12-13H,4-11H2,1-3H3. The molecular weight excluding hydrogens is 266 g/mol. The largest absolute Gasteiger partial charge is 0.383 e. The van der Waals surface area contributed by atoms with Crippen molar-refractivity contribution < 1.29 is 4.74 Å². The SMILES string of the molecule is COCCN1CCN(Cc2nnc(C3CC3)n2C)CC1C. The Morgan fingerprint density at radius 2 is 2.05 bits per heavy atom. The molecule has 0 radical (unpaired) electrons. The first-order chi connectivity index (χ1) is 10.2. The molecule has 0 amide bonds. The van der Waals surface area contributed by atoms with E-state index in [1.54, 1.807) is 7.11 Å². The van der Waals surface area contributed by atoms with E-state index in [4.69, 9.17) is 4.74 Å². The van der Waals surface area contributed by atoms with E-state index in [2.05, 4.69) is 38.5 Å². The second-order valence-electron chi connectivity index (χ2n) is 6.42. The van der Waals surface area contributed by atoms with Gasteiger partial charge in [0.2, 0.25) is 0 Å². The molecule has 1 unspecified atom stereocenters. The zero-order valence-corrected chi connectivity index (χ0v) is 13.5. The fraction of sp³-hybridized carbons (Fsp3) is 0.867. The number of hydrogen-bond acceptors (Lipinski definition) is 5. The highest BCUT2D eigenvalue weighted by atomic mass is 16.5. The molecule has 1 aliphatic heterocycles. The first kappa shape index (κ1) is 14.9. The summed E-state index contributed by atoms with van der Waals surface area (Å²) >= 11 is 0. The van der Waals surface area contributed by atoms with Crippen molar-refractivity contribution in [2.75, 3.05) is 39.9 Å². The highest BCUT2D eigenvalue weighted by Crippen LogP contribution is 2.38. The second kappa shape index (κ2) is 6.42. The molecule has 2 aliphatic rings. The topological polar surface area (TPSA) is 46.4 Å². The minimum Gasteiger partial charge on any atom is -0.383 e. The Kier molecular flexibility index (Phi) is 4.57. The molecule has 1 aliphatic carbocycles. The molecule has 1 saturated heterocycles. The van der Waals surface area contributed by atoms with Crippen molar-refractivity contribution >= 4 is 0 Å². The van der Waals surface area contributed by atoms with E-state index in [9.17, 15) is 0 Å². The Morgan fingerprint density at radius 3 is 2.71 bits per heavy atom. The molecule has 3 rings (SSSR count). The summed E-state index contributed by atoms with van der Waals surface area (Å²) < 4.78 is 7.39. The summed E-state index contributed by atoms with van der Waals surface area (Å²) in [5.74, 6) is 2.95. The van der Waals surface area contributed by atoms with Gasteiger partial charge in [0.1, 0.15) is 11.6 Å². The van der Waals surface area contributed by atoms with Crippen LogP contribution < -0.4 is 0 Å². The van der Waals surface area contributed by atoms with E-state index in [1.165, 1.54) is 18.7 Å². The molecule has 1 aromatic rings. The van der Waals surface area contributed by atoms with Gasteiger partial charge in [-0.15, -0.1) is 10.2 Å². The Hall–Kier alpha value is -0.980. The van der Waals surface area contributed by atoms with E-state index >= 15 is 0 Å². The van der Waals surface area contributed by atoms with Crippen molar-refractivity contribution in [3.63, 3.8) is 0 Å². The first-order valence-electron chi connectivity index (χ1n) is 8.02. The van der Waals surface area contributed by atoms with E-state index < -0.39 is 0 Å². The summed E-state index contributed by atoms with van der Waals surface area (Å²) in [6.45, 7) is 8.36. The molecule has 1 aromatic heterocycles. The third kappa shape index (κ3) is 3.44. The average Bonchev–Trinajstić information content (AvgIpc) is 3.24. The van der Waals surface area contributed by atoms with Crippen LogP contribution in [0.2, 0.25) is 0 Å². The van der Waals surface area contributed by atoms with E-state index in [0.29, 0.717) is 12.0 Å². The maximum Gasteiger partial charge on any atom is 0.146 e. The number of piperazine rings is 1. The fourth-order valence-corrected chi connectivity index (χ4v) is 3.17. The molecular formula is C15H27N5O. The second-order valence-corrected chi connectivity index (χ2v) is 6.42. The van der Waals surface area contributed by atoms with Crippen LogP contribution in [0.1, 0.15) is 37.3 Å². The smallest absolute Gasteiger partial charge is 0.146 e. The molecule has 1 saturated carbocycles. The van der Waals surface area contributed by atoms with Gasteiger partial charge in [0.05, 0.1) is 13.2 Å². The number of methoxy groups -OCH3 is 1. The van der Waals surface area contributed by atoms with Crippen molar-refractivity contribution in [2.24, 2.45) is 7.05 Å². The molecule has 6 heteroatoms.